The van der Waals surface area contributed by atoms with Gasteiger partial charge in [-0.05, 0) is 25.0 Å². The van der Waals surface area contributed by atoms with E-state index in [-0.39, 0.29) is 0 Å². The summed E-state index contributed by atoms with van der Waals surface area (Å²) in [5, 5.41) is 9.88. The maximum Gasteiger partial charge on any atom is 0.0897 e. The zero-order valence-electron chi connectivity index (χ0n) is 9.49. The van der Waals surface area contributed by atoms with Gasteiger partial charge in [-0.2, -0.15) is 0 Å². The lowest BCUT2D eigenvalue weighted by molar-refractivity contribution is -0.103. The monoisotopic (exact) mass is 225 g/mol. The third-order valence-corrected chi connectivity index (χ3v) is 4.35. The summed E-state index contributed by atoms with van der Waals surface area (Å²) in [5.74, 6) is 0. The highest BCUT2D eigenvalue weighted by atomic mass is 32.1. The summed E-state index contributed by atoms with van der Waals surface area (Å²) in [7, 11) is 0. The molecule has 3 heteroatoms. The van der Waals surface area contributed by atoms with Crippen LogP contribution in [0, 0.1) is 0 Å². The van der Waals surface area contributed by atoms with E-state index < -0.39 is 5.60 Å². The smallest absolute Gasteiger partial charge is 0.0897 e. The molecule has 84 valence electrons. The SMILES string of the molecule is CCc1ccc(CN2CC(O)(CC)C2)s1. The number of likely N-dealkylation sites (tertiary alicyclic amines) is 1. The van der Waals surface area contributed by atoms with Crippen molar-refractivity contribution in [3.8, 4) is 0 Å². The molecule has 0 saturated carbocycles. The molecule has 0 aliphatic carbocycles. The molecule has 0 atom stereocenters. The van der Waals surface area contributed by atoms with Gasteiger partial charge in [-0.1, -0.05) is 13.8 Å². The third kappa shape index (κ3) is 2.41. The van der Waals surface area contributed by atoms with Crippen LogP contribution in [0.25, 0.3) is 0 Å². The van der Waals surface area contributed by atoms with Crippen LogP contribution < -0.4 is 0 Å². The van der Waals surface area contributed by atoms with Crippen molar-refractivity contribution in [2.24, 2.45) is 0 Å². The lowest BCUT2D eigenvalue weighted by Crippen LogP contribution is -2.60. The average Bonchev–Trinajstić information content (AvgIpc) is 2.63. The molecular formula is C12H19NOS. The third-order valence-electron chi connectivity index (χ3n) is 3.14. The van der Waals surface area contributed by atoms with Gasteiger partial charge >= 0.3 is 0 Å². The molecule has 0 aromatic carbocycles. The Morgan fingerprint density at radius 2 is 2.00 bits per heavy atom. The Hall–Kier alpha value is -0.380. The first kappa shape index (κ1) is 11.1. The van der Waals surface area contributed by atoms with Crippen molar-refractivity contribution in [3.05, 3.63) is 21.9 Å². The fourth-order valence-corrected chi connectivity index (χ4v) is 3.04. The lowest BCUT2D eigenvalue weighted by Gasteiger charge is -2.46. The minimum absolute atomic E-state index is 0.398. The predicted octanol–water partition coefficient (Wildman–Crippen LogP) is 2.27. The van der Waals surface area contributed by atoms with Gasteiger partial charge in [0, 0.05) is 29.4 Å². The molecule has 1 saturated heterocycles. The van der Waals surface area contributed by atoms with E-state index in [0.29, 0.717) is 0 Å². The fourth-order valence-electron chi connectivity index (χ4n) is 2.04. The van der Waals surface area contributed by atoms with E-state index in [4.69, 9.17) is 0 Å². The van der Waals surface area contributed by atoms with Crippen LogP contribution in [-0.4, -0.2) is 28.7 Å². The van der Waals surface area contributed by atoms with Crippen molar-refractivity contribution in [2.75, 3.05) is 13.1 Å². The Morgan fingerprint density at radius 1 is 1.33 bits per heavy atom. The number of β-amino-alcohol motifs (C(OH)–C–C–N with tert-alkyl or cyclic N) is 1. The minimum atomic E-state index is -0.398. The minimum Gasteiger partial charge on any atom is -0.387 e. The molecule has 0 bridgehead atoms. The van der Waals surface area contributed by atoms with Crippen molar-refractivity contribution in [1.82, 2.24) is 4.90 Å². The van der Waals surface area contributed by atoms with Gasteiger partial charge in [0.05, 0.1) is 5.60 Å². The van der Waals surface area contributed by atoms with E-state index in [2.05, 4.69) is 30.9 Å². The Labute approximate surface area is 95.5 Å². The maximum absolute atomic E-state index is 9.88. The van der Waals surface area contributed by atoms with Crippen molar-refractivity contribution in [1.29, 1.82) is 0 Å². The number of nitrogens with zero attached hydrogens (tertiary/aromatic N) is 1. The van der Waals surface area contributed by atoms with Crippen LogP contribution in [-0.2, 0) is 13.0 Å². The van der Waals surface area contributed by atoms with Gasteiger partial charge in [0.2, 0.25) is 0 Å². The van der Waals surface area contributed by atoms with E-state index in [1.54, 1.807) is 0 Å². The molecule has 1 aliphatic heterocycles. The van der Waals surface area contributed by atoms with E-state index in [9.17, 15) is 5.11 Å². The van der Waals surface area contributed by atoms with E-state index in [1.165, 1.54) is 9.75 Å². The molecule has 1 fully saturated rings. The van der Waals surface area contributed by atoms with Gasteiger partial charge < -0.3 is 5.11 Å². The predicted molar refractivity (Wildman–Crippen MR) is 64.2 cm³/mol. The van der Waals surface area contributed by atoms with E-state index in [0.717, 1.165) is 32.5 Å². The normalized spacial score (nSPS) is 20.2. The molecule has 15 heavy (non-hydrogen) atoms. The standard InChI is InChI=1S/C12H19NOS/c1-3-10-5-6-11(15-10)7-13-8-12(14,4-2)9-13/h5-6,14H,3-4,7-9H2,1-2H3. The topological polar surface area (TPSA) is 23.5 Å². The average molecular weight is 225 g/mol. The van der Waals surface area contributed by atoms with Crippen LogP contribution in [0.3, 0.4) is 0 Å². The van der Waals surface area contributed by atoms with Gasteiger partial charge in [0.1, 0.15) is 0 Å². The largest absolute Gasteiger partial charge is 0.387 e. The summed E-state index contributed by atoms with van der Waals surface area (Å²) in [4.78, 5) is 5.19. The second kappa shape index (κ2) is 4.24. The molecular weight excluding hydrogens is 206 g/mol. The molecule has 1 aliphatic rings. The highest BCUT2D eigenvalue weighted by molar-refractivity contribution is 7.11. The van der Waals surface area contributed by atoms with Crippen molar-refractivity contribution in [2.45, 2.75) is 38.8 Å². The summed E-state index contributed by atoms with van der Waals surface area (Å²) < 4.78 is 0. The molecule has 2 rings (SSSR count). The number of aryl methyl sites for hydroxylation is 1. The second-order valence-corrected chi connectivity index (χ2v) is 5.70. The maximum atomic E-state index is 9.88. The Morgan fingerprint density at radius 3 is 2.53 bits per heavy atom. The number of thiophene rings is 1. The van der Waals surface area contributed by atoms with Crippen LogP contribution in [0.15, 0.2) is 12.1 Å². The Balaban J connectivity index is 1.84. The zero-order valence-corrected chi connectivity index (χ0v) is 10.3. The first-order valence-electron chi connectivity index (χ1n) is 5.67. The molecule has 2 nitrogen and oxygen atoms in total. The van der Waals surface area contributed by atoms with Crippen molar-refractivity contribution in [3.63, 3.8) is 0 Å². The van der Waals surface area contributed by atoms with Gasteiger partial charge in [0.25, 0.3) is 0 Å². The molecule has 0 amide bonds. The van der Waals surface area contributed by atoms with Gasteiger partial charge in [0.15, 0.2) is 0 Å². The zero-order chi connectivity index (χ0) is 10.9. The summed E-state index contributed by atoms with van der Waals surface area (Å²) in [6, 6.07) is 4.43. The summed E-state index contributed by atoms with van der Waals surface area (Å²) in [5.41, 5.74) is -0.398. The Kier molecular flexibility index (Phi) is 3.14. The number of hydrogen-bond donors (Lipinski definition) is 1. The lowest BCUT2D eigenvalue weighted by atomic mass is 9.91. The number of rotatable bonds is 4. The summed E-state index contributed by atoms with van der Waals surface area (Å²) >= 11 is 1.89. The Bertz CT molecular complexity index is 328. The molecule has 0 spiro atoms. The first-order valence-corrected chi connectivity index (χ1v) is 6.49. The molecule has 0 radical (unpaired) electrons. The summed E-state index contributed by atoms with van der Waals surface area (Å²) in [6.07, 6.45) is 2.00. The highest BCUT2D eigenvalue weighted by Crippen LogP contribution is 2.27. The van der Waals surface area contributed by atoms with Gasteiger partial charge in [-0.15, -0.1) is 11.3 Å². The highest BCUT2D eigenvalue weighted by Gasteiger charge is 2.39. The van der Waals surface area contributed by atoms with E-state index in [1.807, 2.05) is 11.3 Å². The van der Waals surface area contributed by atoms with Crippen LogP contribution in [0.1, 0.15) is 30.0 Å². The quantitative estimate of drug-likeness (QED) is 0.849. The van der Waals surface area contributed by atoms with Crippen LogP contribution in [0.4, 0.5) is 0 Å². The van der Waals surface area contributed by atoms with Crippen molar-refractivity contribution < 1.29 is 5.11 Å². The first-order chi connectivity index (χ1) is 7.15. The van der Waals surface area contributed by atoms with Crippen molar-refractivity contribution >= 4 is 11.3 Å². The fraction of sp³-hybridized carbons (Fsp3) is 0.667. The second-order valence-electron chi connectivity index (χ2n) is 4.44. The molecule has 0 unspecified atom stereocenters. The molecule has 2 heterocycles. The summed E-state index contributed by atoms with van der Waals surface area (Å²) in [6.45, 7) is 6.92. The molecule has 1 aromatic heterocycles. The van der Waals surface area contributed by atoms with Crippen LogP contribution in [0.2, 0.25) is 0 Å². The molecule has 1 N–H and O–H groups in total. The van der Waals surface area contributed by atoms with E-state index >= 15 is 0 Å². The number of aliphatic hydroxyl groups is 1. The van der Waals surface area contributed by atoms with Crippen LogP contribution >= 0.6 is 11.3 Å². The van der Waals surface area contributed by atoms with Gasteiger partial charge in [-0.25, -0.2) is 0 Å². The van der Waals surface area contributed by atoms with Crippen LogP contribution in [0.5, 0.6) is 0 Å². The van der Waals surface area contributed by atoms with Gasteiger partial charge in [-0.3, -0.25) is 4.90 Å². The molecule has 1 aromatic rings. The number of hydrogen-bond acceptors (Lipinski definition) is 3.